The minimum atomic E-state index is -1.02. The molecule has 4 nitrogen and oxygen atoms in total. The number of pyridine rings is 1. The van der Waals surface area contributed by atoms with Gasteiger partial charge in [0.05, 0.1) is 12.5 Å². The molecule has 1 atom stereocenters. The highest BCUT2D eigenvalue weighted by Gasteiger charge is 2.14. The van der Waals surface area contributed by atoms with Gasteiger partial charge in [-0.05, 0) is 17.0 Å². The first kappa shape index (κ1) is 10.6. The molecule has 2 rings (SSSR count). The van der Waals surface area contributed by atoms with Crippen molar-refractivity contribution in [3.63, 3.8) is 0 Å². The zero-order valence-corrected chi connectivity index (χ0v) is 8.50. The van der Waals surface area contributed by atoms with Gasteiger partial charge in [-0.2, -0.15) is 0 Å². The number of fused-ring (bicyclic) bond motifs is 1. The Morgan fingerprint density at radius 2 is 2.19 bits per heavy atom. The van der Waals surface area contributed by atoms with Crippen LogP contribution in [0.25, 0.3) is 10.8 Å². The van der Waals surface area contributed by atoms with E-state index in [1.807, 2.05) is 6.07 Å². The zero-order valence-electron chi connectivity index (χ0n) is 8.50. The molecule has 16 heavy (non-hydrogen) atoms. The largest absolute Gasteiger partial charge is 0.481 e. The monoisotopic (exact) mass is 217 g/mol. The lowest BCUT2D eigenvalue weighted by Crippen LogP contribution is -2.05. The number of aliphatic carboxylic acids is 1. The SMILES string of the molecule is O=C(O)C[C@H](O)c1cccc2cnccc12. The van der Waals surface area contributed by atoms with Crippen molar-refractivity contribution in [1.82, 2.24) is 4.98 Å². The van der Waals surface area contributed by atoms with Crippen molar-refractivity contribution in [2.45, 2.75) is 12.5 Å². The molecule has 0 fully saturated rings. The van der Waals surface area contributed by atoms with E-state index < -0.39 is 12.1 Å². The van der Waals surface area contributed by atoms with Gasteiger partial charge in [0.2, 0.25) is 0 Å². The van der Waals surface area contributed by atoms with E-state index in [-0.39, 0.29) is 6.42 Å². The summed E-state index contributed by atoms with van der Waals surface area (Å²) >= 11 is 0. The lowest BCUT2D eigenvalue weighted by atomic mass is 10.0. The molecule has 1 aromatic carbocycles. The standard InChI is InChI=1S/C12H11NO3/c14-11(6-12(15)16)10-3-1-2-8-7-13-5-4-9(8)10/h1-5,7,11,14H,6H2,(H,15,16)/t11-/m0/s1. The molecule has 0 aliphatic heterocycles. The molecule has 0 radical (unpaired) electrons. The van der Waals surface area contributed by atoms with Crippen LogP contribution in [0.1, 0.15) is 18.1 Å². The Bertz CT molecular complexity index is 519. The second-order valence-corrected chi connectivity index (χ2v) is 3.56. The summed E-state index contributed by atoms with van der Waals surface area (Å²) in [6, 6.07) is 7.16. The van der Waals surface area contributed by atoms with Crippen molar-refractivity contribution >= 4 is 16.7 Å². The average molecular weight is 217 g/mol. The Morgan fingerprint density at radius 3 is 2.94 bits per heavy atom. The van der Waals surface area contributed by atoms with Gasteiger partial charge < -0.3 is 10.2 Å². The molecular formula is C12H11NO3. The van der Waals surface area contributed by atoms with E-state index >= 15 is 0 Å². The Balaban J connectivity index is 2.47. The summed E-state index contributed by atoms with van der Waals surface area (Å²) in [5.74, 6) is -1.02. The third-order valence-corrected chi connectivity index (χ3v) is 2.44. The lowest BCUT2D eigenvalue weighted by molar-refractivity contribution is -0.139. The third kappa shape index (κ3) is 2.01. The van der Waals surface area contributed by atoms with Crippen molar-refractivity contribution in [2.75, 3.05) is 0 Å². The molecule has 2 aromatic rings. The number of carbonyl (C=O) groups is 1. The van der Waals surface area contributed by atoms with Crippen LogP contribution < -0.4 is 0 Å². The maximum Gasteiger partial charge on any atom is 0.306 e. The van der Waals surface area contributed by atoms with Crippen LogP contribution in [0.3, 0.4) is 0 Å². The van der Waals surface area contributed by atoms with E-state index in [1.165, 1.54) is 0 Å². The molecule has 4 heteroatoms. The number of carboxylic acids is 1. The molecule has 0 saturated heterocycles. The number of benzene rings is 1. The van der Waals surface area contributed by atoms with E-state index in [2.05, 4.69) is 4.98 Å². The van der Waals surface area contributed by atoms with Gasteiger partial charge in [-0.3, -0.25) is 9.78 Å². The van der Waals surface area contributed by atoms with E-state index in [0.717, 1.165) is 10.8 Å². The predicted molar refractivity (Wildman–Crippen MR) is 59.0 cm³/mol. The molecule has 1 aromatic heterocycles. The molecule has 0 bridgehead atoms. The van der Waals surface area contributed by atoms with E-state index in [4.69, 9.17) is 5.11 Å². The van der Waals surface area contributed by atoms with E-state index in [1.54, 1.807) is 30.6 Å². The second-order valence-electron chi connectivity index (χ2n) is 3.56. The van der Waals surface area contributed by atoms with Gasteiger partial charge in [0, 0.05) is 17.8 Å². The molecule has 0 aliphatic carbocycles. The summed E-state index contributed by atoms with van der Waals surface area (Å²) in [6.45, 7) is 0. The van der Waals surface area contributed by atoms with Gasteiger partial charge in [-0.15, -0.1) is 0 Å². The van der Waals surface area contributed by atoms with Crippen LogP contribution >= 0.6 is 0 Å². The Morgan fingerprint density at radius 1 is 1.38 bits per heavy atom. The number of aliphatic hydroxyl groups excluding tert-OH is 1. The molecule has 0 unspecified atom stereocenters. The Labute approximate surface area is 92.2 Å². The van der Waals surface area contributed by atoms with Crippen molar-refractivity contribution in [3.8, 4) is 0 Å². The molecule has 0 spiro atoms. The van der Waals surface area contributed by atoms with Gasteiger partial charge in [-0.1, -0.05) is 18.2 Å². The lowest BCUT2D eigenvalue weighted by Gasteiger charge is -2.11. The van der Waals surface area contributed by atoms with Crippen molar-refractivity contribution in [3.05, 3.63) is 42.2 Å². The van der Waals surface area contributed by atoms with Crippen LogP contribution in [0.2, 0.25) is 0 Å². The Kier molecular flexibility index (Phi) is 2.83. The first-order chi connectivity index (χ1) is 7.68. The van der Waals surface area contributed by atoms with Crippen LogP contribution in [-0.4, -0.2) is 21.2 Å². The number of carboxylic acid groups (broad SMARTS) is 1. The molecule has 0 aliphatic rings. The Hall–Kier alpha value is -1.94. The molecule has 1 heterocycles. The number of aromatic nitrogens is 1. The van der Waals surface area contributed by atoms with E-state index in [0.29, 0.717) is 5.56 Å². The predicted octanol–water partition coefficient (Wildman–Crippen LogP) is 1.74. The summed E-state index contributed by atoms with van der Waals surface area (Å²) in [4.78, 5) is 14.5. The second kappa shape index (κ2) is 4.28. The number of hydrogen-bond donors (Lipinski definition) is 2. The van der Waals surface area contributed by atoms with Crippen LogP contribution in [0.4, 0.5) is 0 Å². The molecule has 0 amide bonds. The number of hydrogen-bond acceptors (Lipinski definition) is 3. The first-order valence-electron chi connectivity index (χ1n) is 4.91. The average Bonchev–Trinajstić information content (AvgIpc) is 2.27. The van der Waals surface area contributed by atoms with Gasteiger partial charge in [0.1, 0.15) is 0 Å². The highest BCUT2D eigenvalue weighted by Crippen LogP contribution is 2.25. The summed E-state index contributed by atoms with van der Waals surface area (Å²) in [5, 5.41) is 20.2. The van der Waals surface area contributed by atoms with Crippen molar-refractivity contribution < 1.29 is 15.0 Å². The minimum absolute atomic E-state index is 0.290. The van der Waals surface area contributed by atoms with Gasteiger partial charge in [0.15, 0.2) is 0 Å². The van der Waals surface area contributed by atoms with Crippen LogP contribution in [0.15, 0.2) is 36.7 Å². The van der Waals surface area contributed by atoms with Crippen molar-refractivity contribution in [2.24, 2.45) is 0 Å². The smallest absolute Gasteiger partial charge is 0.306 e. The first-order valence-corrected chi connectivity index (χ1v) is 4.91. The maximum absolute atomic E-state index is 10.5. The summed E-state index contributed by atoms with van der Waals surface area (Å²) in [5.41, 5.74) is 0.627. The topological polar surface area (TPSA) is 70.4 Å². The van der Waals surface area contributed by atoms with Gasteiger partial charge >= 0.3 is 5.97 Å². The van der Waals surface area contributed by atoms with Gasteiger partial charge in [-0.25, -0.2) is 0 Å². The van der Waals surface area contributed by atoms with Crippen LogP contribution in [0.5, 0.6) is 0 Å². The van der Waals surface area contributed by atoms with Crippen molar-refractivity contribution in [1.29, 1.82) is 0 Å². The summed E-state index contributed by atoms with van der Waals surface area (Å²) in [6.07, 6.45) is 2.04. The fourth-order valence-electron chi connectivity index (χ4n) is 1.71. The highest BCUT2D eigenvalue weighted by molar-refractivity contribution is 5.85. The number of aliphatic hydroxyl groups is 1. The third-order valence-electron chi connectivity index (χ3n) is 2.44. The quantitative estimate of drug-likeness (QED) is 0.821. The maximum atomic E-state index is 10.5. The number of nitrogens with zero attached hydrogens (tertiary/aromatic N) is 1. The minimum Gasteiger partial charge on any atom is -0.481 e. The van der Waals surface area contributed by atoms with Crippen LogP contribution in [-0.2, 0) is 4.79 Å². The summed E-state index contributed by atoms with van der Waals surface area (Å²) < 4.78 is 0. The highest BCUT2D eigenvalue weighted by atomic mass is 16.4. The van der Waals surface area contributed by atoms with Gasteiger partial charge in [0.25, 0.3) is 0 Å². The molecular weight excluding hydrogens is 206 g/mol. The fraction of sp³-hybridized carbons (Fsp3) is 0.167. The fourth-order valence-corrected chi connectivity index (χ4v) is 1.71. The number of rotatable bonds is 3. The molecule has 2 N–H and O–H groups in total. The van der Waals surface area contributed by atoms with E-state index in [9.17, 15) is 9.90 Å². The molecule has 0 saturated carbocycles. The normalized spacial score (nSPS) is 12.6. The summed E-state index contributed by atoms with van der Waals surface area (Å²) in [7, 11) is 0. The molecule has 82 valence electrons. The van der Waals surface area contributed by atoms with Crippen LogP contribution in [0, 0.1) is 0 Å². The zero-order chi connectivity index (χ0) is 11.5.